The standard InChI is InChI=1S/C13H18F3N/c1-12(2,17-10-13(14,15)16)9-8-11-6-4-3-5-7-11/h3-7,17H,8-10H2,1-2H3. The Kier molecular flexibility index (Phi) is 4.57. The Hall–Kier alpha value is -1.03. The Morgan fingerprint density at radius 1 is 1.06 bits per heavy atom. The maximum atomic E-state index is 12.1. The van der Waals surface area contributed by atoms with Crippen molar-refractivity contribution in [1.82, 2.24) is 5.32 Å². The molecule has 0 saturated heterocycles. The van der Waals surface area contributed by atoms with Crippen molar-refractivity contribution in [3.8, 4) is 0 Å². The molecule has 0 bridgehead atoms. The van der Waals surface area contributed by atoms with Crippen LogP contribution in [0.15, 0.2) is 30.3 Å². The van der Waals surface area contributed by atoms with Gasteiger partial charge in [0.15, 0.2) is 0 Å². The minimum absolute atomic E-state index is 0.509. The number of aryl methyl sites for hydroxylation is 1. The van der Waals surface area contributed by atoms with Crippen LogP contribution in [0.25, 0.3) is 0 Å². The van der Waals surface area contributed by atoms with Gasteiger partial charge in [0, 0.05) is 5.54 Å². The van der Waals surface area contributed by atoms with E-state index in [9.17, 15) is 13.2 Å². The van der Waals surface area contributed by atoms with Gasteiger partial charge < -0.3 is 5.32 Å². The highest BCUT2D eigenvalue weighted by Gasteiger charge is 2.30. The molecule has 1 aromatic carbocycles. The summed E-state index contributed by atoms with van der Waals surface area (Å²) < 4.78 is 36.3. The summed E-state index contributed by atoms with van der Waals surface area (Å²) in [5, 5.41) is 2.54. The Labute approximate surface area is 100 Å². The van der Waals surface area contributed by atoms with Crippen molar-refractivity contribution in [3.05, 3.63) is 35.9 Å². The van der Waals surface area contributed by atoms with Crippen molar-refractivity contribution in [1.29, 1.82) is 0 Å². The third-order valence-corrected chi connectivity index (χ3v) is 2.65. The van der Waals surface area contributed by atoms with Crippen molar-refractivity contribution >= 4 is 0 Å². The van der Waals surface area contributed by atoms with Gasteiger partial charge >= 0.3 is 6.18 Å². The van der Waals surface area contributed by atoms with Gasteiger partial charge in [0.2, 0.25) is 0 Å². The smallest absolute Gasteiger partial charge is 0.304 e. The molecule has 0 amide bonds. The molecule has 0 spiro atoms. The Morgan fingerprint density at radius 2 is 1.65 bits per heavy atom. The fraction of sp³-hybridized carbons (Fsp3) is 0.538. The van der Waals surface area contributed by atoms with Crippen LogP contribution in [0.2, 0.25) is 0 Å². The maximum Gasteiger partial charge on any atom is 0.401 e. The highest BCUT2D eigenvalue weighted by Crippen LogP contribution is 2.18. The summed E-state index contributed by atoms with van der Waals surface area (Å²) in [6, 6.07) is 9.77. The van der Waals surface area contributed by atoms with E-state index in [4.69, 9.17) is 0 Å². The number of rotatable bonds is 5. The van der Waals surface area contributed by atoms with Gasteiger partial charge in [0.1, 0.15) is 0 Å². The lowest BCUT2D eigenvalue weighted by Gasteiger charge is -2.27. The normalized spacial score (nSPS) is 12.8. The van der Waals surface area contributed by atoms with E-state index in [1.54, 1.807) is 13.8 Å². The summed E-state index contributed by atoms with van der Waals surface area (Å²) in [7, 11) is 0. The highest BCUT2D eigenvalue weighted by atomic mass is 19.4. The van der Waals surface area contributed by atoms with Crippen molar-refractivity contribution in [2.24, 2.45) is 0 Å². The van der Waals surface area contributed by atoms with Gasteiger partial charge in [-0.05, 0) is 32.3 Å². The molecule has 4 heteroatoms. The molecule has 0 aliphatic carbocycles. The molecule has 0 aliphatic heterocycles. The monoisotopic (exact) mass is 245 g/mol. The largest absolute Gasteiger partial charge is 0.401 e. The van der Waals surface area contributed by atoms with Crippen LogP contribution in [0.4, 0.5) is 13.2 Å². The van der Waals surface area contributed by atoms with E-state index >= 15 is 0 Å². The highest BCUT2D eigenvalue weighted by molar-refractivity contribution is 5.15. The molecule has 0 aromatic heterocycles. The van der Waals surface area contributed by atoms with Crippen LogP contribution < -0.4 is 5.32 Å². The van der Waals surface area contributed by atoms with Gasteiger partial charge in [-0.1, -0.05) is 30.3 Å². The van der Waals surface area contributed by atoms with E-state index in [2.05, 4.69) is 5.32 Å². The molecule has 1 aromatic rings. The first-order valence-electron chi connectivity index (χ1n) is 5.64. The topological polar surface area (TPSA) is 12.0 Å². The van der Waals surface area contributed by atoms with Crippen molar-refractivity contribution in [2.45, 2.75) is 38.4 Å². The summed E-state index contributed by atoms with van der Waals surface area (Å²) in [6.45, 7) is 2.65. The van der Waals surface area contributed by atoms with Gasteiger partial charge in [-0.15, -0.1) is 0 Å². The second-order valence-electron chi connectivity index (χ2n) is 4.84. The van der Waals surface area contributed by atoms with Gasteiger partial charge in [0.05, 0.1) is 6.54 Å². The molecule has 1 N–H and O–H groups in total. The van der Waals surface area contributed by atoms with E-state index in [-0.39, 0.29) is 0 Å². The van der Waals surface area contributed by atoms with Gasteiger partial charge in [-0.25, -0.2) is 0 Å². The molecule has 1 nitrogen and oxygen atoms in total. The van der Waals surface area contributed by atoms with Crippen LogP contribution in [-0.2, 0) is 6.42 Å². The number of alkyl halides is 3. The van der Waals surface area contributed by atoms with Crippen LogP contribution in [0, 0.1) is 0 Å². The zero-order valence-corrected chi connectivity index (χ0v) is 10.1. The summed E-state index contributed by atoms with van der Waals surface area (Å²) in [6.07, 6.45) is -2.70. The fourth-order valence-corrected chi connectivity index (χ4v) is 1.53. The lowest BCUT2D eigenvalue weighted by atomic mass is 9.95. The van der Waals surface area contributed by atoms with E-state index in [0.717, 1.165) is 12.0 Å². The van der Waals surface area contributed by atoms with Crippen LogP contribution in [-0.4, -0.2) is 18.3 Å². The molecule has 0 radical (unpaired) electrons. The Bertz CT molecular complexity index is 330. The Balaban J connectivity index is 2.39. The van der Waals surface area contributed by atoms with Crippen LogP contribution in [0.1, 0.15) is 25.8 Å². The second kappa shape index (κ2) is 5.54. The molecule has 17 heavy (non-hydrogen) atoms. The molecule has 0 saturated carbocycles. The number of nitrogens with one attached hydrogen (secondary N) is 1. The van der Waals surface area contributed by atoms with Gasteiger partial charge in [0.25, 0.3) is 0 Å². The zero-order chi connectivity index (χ0) is 12.9. The second-order valence-corrected chi connectivity index (χ2v) is 4.84. The first-order valence-corrected chi connectivity index (χ1v) is 5.64. The molecule has 0 unspecified atom stereocenters. The average Bonchev–Trinajstić information content (AvgIpc) is 2.25. The summed E-state index contributed by atoms with van der Waals surface area (Å²) in [5.74, 6) is 0. The van der Waals surface area contributed by atoms with Crippen molar-refractivity contribution in [3.63, 3.8) is 0 Å². The van der Waals surface area contributed by atoms with Crippen LogP contribution in [0.5, 0.6) is 0 Å². The minimum Gasteiger partial charge on any atom is -0.304 e. The number of benzene rings is 1. The van der Waals surface area contributed by atoms with E-state index < -0.39 is 18.3 Å². The molecule has 0 atom stereocenters. The lowest BCUT2D eigenvalue weighted by Crippen LogP contribution is -2.44. The first-order chi connectivity index (χ1) is 7.79. The quantitative estimate of drug-likeness (QED) is 0.836. The number of halogens is 3. The third-order valence-electron chi connectivity index (χ3n) is 2.65. The van der Waals surface area contributed by atoms with Crippen molar-refractivity contribution < 1.29 is 13.2 Å². The fourth-order valence-electron chi connectivity index (χ4n) is 1.53. The molecule has 0 aliphatic rings. The van der Waals surface area contributed by atoms with Gasteiger partial charge in [-0.2, -0.15) is 13.2 Å². The van der Waals surface area contributed by atoms with Crippen molar-refractivity contribution in [2.75, 3.05) is 6.54 Å². The summed E-state index contributed by atoms with van der Waals surface area (Å²) in [4.78, 5) is 0. The molecule has 1 rings (SSSR count). The van der Waals surface area contributed by atoms with Crippen LogP contribution >= 0.6 is 0 Å². The number of hydrogen-bond donors (Lipinski definition) is 1. The predicted molar refractivity (Wildman–Crippen MR) is 62.9 cm³/mol. The number of hydrogen-bond acceptors (Lipinski definition) is 1. The van der Waals surface area contributed by atoms with E-state index in [1.165, 1.54) is 0 Å². The average molecular weight is 245 g/mol. The molecule has 0 heterocycles. The molecule has 0 fully saturated rings. The van der Waals surface area contributed by atoms with Gasteiger partial charge in [-0.3, -0.25) is 0 Å². The third kappa shape index (κ3) is 6.31. The first kappa shape index (κ1) is 14.0. The zero-order valence-electron chi connectivity index (χ0n) is 10.1. The maximum absolute atomic E-state index is 12.1. The minimum atomic E-state index is -4.15. The van der Waals surface area contributed by atoms with Crippen LogP contribution in [0.3, 0.4) is 0 Å². The summed E-state index contributed by atoms with van der Waals surface area (Å²) >= 11 is 0. The summed E-state index contributed by atoms with van der Waals surface area (Å²) in [5.41, 5.74) is 0.639. The lowest BCUT2D eigenvalue weighted by molar-refractivity contribution is -0.128. The SMILES string of the molecule is CC(C)(CCc1ccccc1)NCC(F)(F)F. The Morgan fingerprint density at radius 3 is 2.18 bits per heavy atom. The van der Waals surface area contributed by atoms with E-state index in [0.29, 0.717) is 6.42 Å². The predicted octanol–water partition coefficient (Wildman–Crippen LogP) is 3.55. The molecule has 96 valence electrons. The molecular formula is C13H18F3N. The molecular weight excluding hydrogens is 227 g/mol. The van der Waals surface area contributed by atoms with E-state index in [1.807, 2.05) is 30.3 Å².